The maximum Gasteiger partial charge on any atom is 0.259 e. The summed E-state index contributed by atoms with van der Waals surface area (Å²) in [7, 11) is 0. The van der Waals surface area contributed by atoms with Gasteiger partial charge in [0.1, 0.15) is 11.4 Å². The van der Waals surface area contributed by atoms with E-state index >= 15 is 0 Å². The standard InChI is InChI=1S/C21H26FN3O3/c1-14-11-19(27)20(15(2)23-14)21(28)25-9-8-24(18(13-25)7-10-26)12-16-3-5-17(22)6-4-16/h3-6,11,18,26H,7-10,12-13H2,1-2H3,(H,23,27)/t18-/m1/s1. The lowest BCUT2D eigenvalue weighted by molar-refractivity contribution is 0.0393. The van der Waals surface area contributed by atoms with Gasteiger partial charge in [0.15, 0.2) is 5.43 Å². The average molecular weight is 387 g/mol. The van der Waals surface area contributed by atoms with E-state index in [0.29, 0.717) is 38.3 Å². The molecule has 2 aromatic rings. The molecule has 1 amide bonds. The Hall–Kier alpha value is -2.51. The smallest absolute Gasteiger partial charge is 0.259 e. The summed E-state index contributed by atoms with van der Waals surface area (Å²) in [6.45, 7) is 5.71. The Bertz CT molecular complexity index is 895. The summed E-state index contributed by atoms with van der Waals surface area (Å²) in [5.74, 6) is -0.548. The van der Waals surface area contributed by atoms with Crippen molar-refractivity contribution in [1.29, 1.82) is 0 Å². The van der Waals surface area contributed by atoms with E-state index in [1.54, 1.807) is 30.9 Å². The first-order valence-electron chi connectivity index (χ1n) is 9.48. The Morgan fingerprint density at radius 3 is 2.61 bits per heavy atom. The molecule has 6 nitrogen and oxygen atoms in total. The number of carbonyl (C=O) groups is 1. The number of halogens is 1. The molecule has 28 heavy (non-hydrogen) atoms. The van der Waals surface area contributed by atoms with Crippen molar-refractivity contribution in [3.8, 4) is 0 Å². The van der Waals surface area contributed by atoms with Crippen LogP contribution in [-0.2, 0) is 6.54 Å². The molecule has 7 heteroatoms. The van der Waals surface area contributed by atoms with Gasteiger partial charge in [0.05, 0.1) is 0 Å². The monoisotopic (exact) mass is 387 g/mol. The molecule has 1 saturated heterocycles. The highest BCUT2D eigenvalue weighted by Crippen LogP contribution is 2.19. The van der Waals surface area contributed by atoms with Gasteiger partial charge in [-0.05, 0) is 38.0 Å². The molecule has 2 N–H and O–H groups in total. The zero-order valence-corrected chi connectivity index (χ0v) is 16.2. The topological polar surface area (TPSA) is 76.6 Å². The minimum absolute atomic E-state index is 0.0107. The number of hydrogen-bond acceptors (Lipinski definition) is 4. The molecule has 0 bridgehead atoms. The molecule has 0 radical (unpaired) electrons. The second-order valence-electron chi connectivity index (χ2n) is 7.33. The van der Waals surface area contributed by atoms with Crippen LogP contribution < -0.4 is 5.43 Å². The predicted molar refractivity (Wildman–Crippen MR) is 105 cm³/mol. The minimum Gasteiger partial charge on any atom is -0.396 e. The summed E-state index contributed by atoms with van der Waals surface area (Å²) in [4.78, 5) is 32.3. The van der Waals surface area contributed by atoms with Crippen molar-refractivity contribution in [3.05, 3.63) is 68.9 Å². The number of carbonyl (C=O) groups excluding carboxylic acids is 1. The molecular weight excluding hydrogens is 361 g/mol. The first-order chi connectivity index (χ1) is 13.4. The van der Waals surface area contributed by atoms with Crippen LogP contribution in [0.15, 0.2) is 35.1 Å². The van der Waals surface area contributed by atoms with E-state index in [1.807, 2.05) is 0 Å². The van der Waals surface area contributed by atoms with Crippen LogP contribution in [0.1, 0.15) is 33.7 Å². The van der Waals surface area contributed by atoms with E-state index in [4.69, 9.17) is 0 Å². The number of hydrogen-bond donors (Lipinski definition) is 2. The van der Waals surface area contributed by atoms with Gasteiger partial charge in [0.25, 0.3) is 5.91 Å². The van der Waals surface area contributed by atoms with Crippen molar-refractivity contribution in [2.45, 2.75) is 32.9 Å². The minimum atomic E-state index is -0.275. The second kappa shape index (κ2) is 8.67. The number of benzene rings is 1. The maximum absolute atomic E-state index is 13.1. The third-order valence-electron chi connectivity index (χ3n) is 5.22. The Morgan fingerprint density at radius 1 is 1.25 bits per heavy atom. The SMILES string of the molecule is Cc1cc(=O)c(C(=O)N2CCN(Cc3ccc(F)cc3)[C@H](CCO)C2)c(C)[nH]1. The van der Waals surface area contributed by atoms with E-state index < -0.39 is 0 Å². The Balaban J connectivity index is 1.75. The van der Waals surface area contributed by atoms with Crippen LogP contribution in [0, 0.1) is 19.7 Å². The summed E-state index contributed by atoms with van der Waals surface area (Å²) in [5, 5.41) is 9.46. The van der Waals surface area contributed by atoms with Crippen LogP contribution >= 0.6 is 0 Å². The van der Waals surface area contributed by atoms with E-state index in [-0.39, 0.29) is 35.4 Å². The second-order valence-corrected chi connectivity index (χ2v) is 7.33. The van der Waals surface area contributed by atoms with E-state index in [9.17, 15) is 19.1 Å². The number of aryl methyl sites for hydroxylation is 2. The molecule has 1 aliphatic heterocycles. The van der Waals surface area contributed by atoms with Crippen LogP contribution in [0.25, 0.3) is 0 Å². The predicted octanol–water partition coefficient (Wildman–Crippen LogP) is 1.84. The summed E-state index contributed by atoms with van der Waals surface area (Å²) >= 11 is 0. The van der Waals surface area contributed by atoms with Gasteiger partial charge in [-0.1, -0.05) is 12.1 Å². The average Bonchev–Trinajstić information content (AvgIpc) is 2.64. The molecular formula is C21H26FN3O3. The third-order valence-corrected chi connectivity index (χ3v) is 5.22. The fourth-order valence-electron chi connectivity index (χ4n) is 3.80. The van der Waals surface area contributed by atoms with Crippen molar-refractivity contribution < 1.29 is 14.3 Å². The summed E-state index contributed by atoms with van der Waals surface area (Å²) < 4.78 is 13.1. The highest BCUT2D eigenvalue weighted by atomic mass is 19.1. The maximum atomic E-state index is 13.1. The van der Waals surface area contributed by atoms with Crippen LogP contribution in [0.4, 0.5) is 4.39 Å². The fourth-order valence-corrected chi connectivity index (χ4v) is 3.80. The van der Waals surface area contributed by atoms with Gasteiger partial charge >= 0.3 is 0 Å². The number of nitrogens with one attached hydrogen (secondary N) is 1. The summed E-state index contributed by atoms with van der Waals surface area (Å²) in [6.07, 6.45) is 0.522. The Labute approximate surface area is 163 Å². The fraction of sp³-hybridized carbons (Fsp3) is 0.429. The van der Waals surface area contributed by atoms with Crippen LogP contribution in [0.3, 0.4) is 0 Å². The van der Waals surface area contributed by atoms with Gasteiger partial charge < -0.3 is 15.0 Å². The zero-order chi connectivity index (χ0) is 20.3. The first kappa shape index (κ1) is 20.2. The van der Waals surface area contributed by atoms with E-state index in [1.165, 1.54) is 18.2 Å². The number of nitrogens with zero attached hydrogens (tertiary/aromatic N) is 2. The van der Waals surface area contributed by atoms with E-state index in [0.717, 1.165) is 11.3 Å². The van der Waals surface area contributed by atoms with Crippen molar-refractivity contribution in [3.63, 3.8) is 0 Å². The lowest BCUT2D eigenvalue weighted by Crippen LogP contribution is -2.55. The summed E-state index contributed by atoms with van der Waals surface area (Å²) in [6, 6.07) is 7.77. The molecule has 0 unspecified atom stereocenters. The molecule has 1 aromatic carbocycles. The van der Waals surface area contributed by atoms with Gasteiger partial charge in [-0.2, -0.15) is 0 Å². The number of aliphatic hydroxyl groups is 1. The molecule has 1 atom stereocenters. The van der Waals surface area contributed by atoms with Crippen LogP contribution in [0.5, 0.6) is 0 Å². The molecule has 3 rings (SSSR count). The Kier molecular flexibility index (Phi) is 6.26. The van der Waals surface area contributed by atoms with Crippen molar-refractivity contribution in [2.24, 2.45) is 0 Å². The largest absolute Gasteiger partial charge is 0.396 e. The van der Waals surface area contributed by atoms with Gasteiger partial charge in [0.2, 0.25) is 0 Å². The van der Waals surface area contributed by atoms with Crippen LogP contribution in [0.2, 0.25) is 0 Å². The van der Waals surface area contributed by atoms with Gasteiger partial charge in [-0.15, -0.1) is 0 Å². The van der Waals surface area contributed by atoms with E-state index in [2.05, 4.69) is 9.88 Å². The lowest BCUT2D eigenvalue weighted by Gasteiger charge is -2.41. The number of aromatic nitrogens is 1. The molecule has 2 heterocycles. The normalized spacial score (nSPS) is 17.7. The van der Waals surface area contributed by atoms with Gasteiger partial charge in [0, 0.05) is 56.3 Å². The number of rotatable bonds is 5. The number of aromatic amines is 1. The number of piperazine rings is 1. The van der Waals surface area contributed by atoms with Crippen molar-refractivity contribution >= 4 is 5.91 Å². The van der Waals surface area contributed by atoms with Crippen LogP contribution in [-0.4, -0.2) is 58.1 Å². The van der Waals surface area contributed by atoms with Crippen molar-refractivity contribution in [2.75, 3.05) is 26.2 Å². The van der Waals surface area contributed by atoms with Crippen molar-refractivity contribution in [1.82, 2.24) is 14.8 Å². The lowest BCUT2D eigenvalue weighted by atomic mass is 10.0. The van der Waals surface area contributed by atoms with Gasteiger partial charge in [-0.3, -0.25) is 14.5 Å². The van der Waals surface area contributed by atoms with Gasteiger partial charge in [-0.25, -0.2) is 4.39 Å². The highest BCUT2D eigenvalue weighted by Gasteiger charge is 2.31. The Morgan fingerprint density at radius 2 is 1.96 bits per heavy atom. The number of H-pyrrole nitrogens is 1. The molecule has 1 aliphatic rings. The summed E-state index contributed by atoms with van der Waals surface area (Å²) in [5.41, 5.74) is 2.19. The zero-order valence-electron chi connectivity index (χ0n) is 16.2. The molecule has 150 valence electrons. The quantitative estimate of drug-likeness (QED) is 0.821. The number of amides is 1. The highest BCUT2D eigenvalue weighted by molar-refractivity contribution is 5.95. The third kappa shape index (κ3) is 4.48. The molecule has 0 aliphatic carbocycles. The first-order valence-corrected chi connectivity index (χ1v) is 9.48. The number of aliphatic hydroxyl groups excluding tert-OH is 1. The molecule has 0 saturated carbocycles. The molecule has 1 aromatic heterocycles. The molecule has 0 spiro atoms. The molecule has 1 fully saturated rings. The number of pyridine rings is 1.